The molecular formula is C14H16N4O2. The molecule has 2 rings (SSSR count). The summed E-state index contributed by atoms with van der Waals surface area (Å²) in [5, 5.41) is 11.1. The molecule has 0 saturated carbocycles. The Labute approximate surface area is 117 Å². The van der Waals surface area contributed by atoms with Gasteiger partial charge in [0.2, 0.25) is 5.82 Å². The van der Waals surface area contributed by atoms with Crippen LogP contribution in [0.4, 0.5) is 23.0 Å². The van der Waals surface area contributed by atoms with Crippen molar-refractivity contribution in [2.24, 2.45) is 0 Å². The number of aromatic nitrogens is 1. The molecule has 6 heteroatoms. The summed E-state index contributed by atoms with van der Waals surface area (Å²) < 4.78 is 0. The van der Waals surface area contributed by atoms with E-state index in [0.717, 1.165) is 11.3 Å². The van der Waals surface area contributed by atoms with Crippen LogP contribution in [0.15, 0.2) is 36.4 Å². The van der Waals surface area contributed by atoms with Crippen LogP contribution in [0.3, 0.4) is 0 Å². The van der Waals surface area contributed by atoms with E-state index in [9.17, 15) is 10.1 Å². The van der Waals surface area contributed by atoms with E-state index in [1.165, 1.54) is 12.1 Å². The first-order valence-electron chi connectivity index (χ1n) is 6.28. The third-order valence-electron chi connectivity index (χ3n) is 2.99. The van der Waals surface area contributed by atoms with Crippen LogP contribution in [0.2, 0.25) is 0 Å². The van der Waals surface area contributed by atoms with E-state index in [-0.39, 0.29) is 17.3 Å². The Hall–Kier alpha value is -2.63. The number of hydrogen-bond acceptors (Lipinski definition) is 5. The van der Waals surface area contributed by atoms with Crippen LogP contribution in [0.25, 0.3) is 0 Å². The summed E-state index contributed by atoms with van der Waals surface area (Å²) in [7, 11) is 0. The minimum atomic E-state index is -0.446. The molecule has 2 N–H and O–H groups in total. The third-order valence-corrected chi connectivity index (χ3v) is 2.99. The SMILES string of the molecule is CCN(c1ccc(C)cc1)c1nc(N)ccc1[N+](=O)[O-]. The first-order valence-corrected chi connectivity index (χ1v) is 6.28. The highest BCUT2D eigenvalue weighted by Crippen LogP contribution is 2.32. The number of nitro groups is 1. The molecule has 0 spiro atoms. The second kappa shape index (κ2) is 5.56. The number of anilines is 3. The van der Waals surface area contributed by atoms with Gasteiger partial charge < -0.3 is 10.6 Å². The van der Waals surface area contributed by atoms with Crippen molar-refractivity contribution in [2.45, 2.75) is 13.8 Å². The summed E-state index contributed by atoms with van der Waals surface area (Å²) in [6.07, 6.45) is 0. The van der Waals surface area contributed by atoms with Gasteiger partial charge in [-0.25, -0.2) is 4.98 Å². The molecule has 6 nitrogen and oxygen atoms in total. The van der Waals surface area contributed by atoms with E-state index in [0.29, 0.717) is 6.54 Å². The monoisotopic (exact) mass is 272 g/mol. The zero-order chi connectivity index (χ0) is 14.7. The fraction of sp³-hybridized carbons (Fsp3) is 0.214. The molecule has 0 saturated heterocycles. The largest absolute Gasteiger partial charge is 0.384 e. The zero-order valence-electron chi connectivity index (χ0n) is 11.4. The summed E-state index contributed by atoms with van der Waals surface area (Å²) in [5.41, 5.74) is 7.58. The number of benzene rings is 1. The van der Waals surface area contributed by atoms with Gasteiger partial charge in [0.05, 0.1) is 4.92 Å². The molecule has 20 heavy (non-hydrogen) atoms. The molecule has 0 unspecified atom stereocenters. The molecule has 104 valence electrons. The minimum Gasteiger partial charge on any atom is -0.384 e. The van der Waals surface area contributed by atoms with Crippen molar-refractivity contribution < 1.29 is 4.92 Å². The van der Waals surface area contributed by atoms with Crippen molar-refractivity contribution in [1.29, 1.82) is 0 Å². The number of hydrogen-bond donors (Lipinski definition) is 1. The molecule has 1 heterocycles. The third kappa shape index (κ3) is 2.69. The molecule has 0 atom stereocenters. The van der Waals surface area contributed by atoms with Gasteiger partial charge in [-0.15, -0.1) is 0 Å². The van der Waals surface area contributed by atoms with Crippen LogP contribution < -0.4 is 10.6 Å². The molecule has 1 aromatic heterocycles. The highest BCUT2D eigenvalue weighted by Gasteiger charge is 2.21. The highest BCUT2D eigenvalue weighted by molar-refractivity contribution is 5.70. The number of nitrogens with two attached hydrogens (primary N) is 1. The second-order valence-electron chi connectivity index (χ2n) is 4.42. The summed E-state index contributed by atoms with van der Waals surface area (Å²) >= 11 is 0. The topological polar surface area (TPSA) is 85.3 Å². The maximum Gasteiger partial charge on any atom is 0.312 e. The number of nitrogen functional groups attached to an aromatic ring is 1. The Morgan fingerprint density at radius 2 is 1.90 bits per heavy atom. The molecule has 0 radical (unpaired) electrons. The lowest BCUT2D eigenvalue weighted by molar-refractivity contribution is -0.384. The summed E-state index contributed by atoms with van der Waals surface area (Å²) in [5.74, 6) is 0.525. The minimum absolute atomic E-state index is 0.0541. The van der Waals surface area contributed by atoms with Gasteiger partial charge in [-0.2, -0.15) is 0 Å². The van der Waals surface area contributed by atoms with E-state index in [2.05, 4.69) is 4.98 Å². The number of rotatable bonds is 4. The van der Waals surface area contributed by atoms with E-state index >= 15 is 0 Å². The molecule has 0 aliphatic carbocycles. The number of aryl methyl sites for hydroxylation is 1. The summed E-state index contributed by atoms with van der Waals surface area (Å²) in [6.45, 7) is 4.45. The summed E-state index contributed by atoms with van der Waals surface area (Å²) in [4.78, 5) is 16.6. The van der Waals surface area contributed by atoms with Crippen LogP contribution in [0.5, 0.6) is 0 Å². The predicted molar refractivity (Wildman–Crippen MR) is 79.2 cm³/mol. The Morgan fingerprint density at radius 3 is 2.45 bits per heavy atom. The number of pyridine rings is 1. The van der Waals surface area contributed by atoms with Crippen LogP contribution in [0, 0.1) is 17.0 Å². The van der Waals surface area contributed by atoms with Crippen molar-refractivity contribution in [3.05, 3.63) is 52.1 Å². The van der Waals surface area contributed by atoms with Crippen LogP contribution in [0.1, 0.15) is 12.5 Å². The number of nitrogens with zero attached hydrogens (tertiary/aromatic N) is 3. The predicted octanol–water partition coefficient (Wildman–Crippen LogP) is 3.04. The van der Waals surface area contributed by atoms with Gasteiger partial charge in [0.15, 0.2) is 0 Å². The maximum atomic E-state index is 11.1. The van der Waals surface area contributed by atoms with Crippen molar-refractivity contribution in [2.75, 3.05) is 17.2 Å². The van der Waals surface area contributed by atoms with Crippen LogP contribution in [-0.4, -0.2) is 16.5 Å². The van der Waals surface area contributed by atoms with E-state index < -0.39 is 4.92 Å². The van der Waals surface area contributed by atoms with Crippen LogP contribution >= 0.6 is 0 Å². The van der Waals surface area contributed by atoms with E-state index in [4.69, 9.17) is 5.73 Å². The molecule has 2 aromatic rings. The van der Waals surface area contributed by atoms with Gasteiger partial charge in [0.1, 0.15) is 5.82 Å². The van der Waals surface area contributed by atoms with Gasteiger partial charge in [-0.1, -0.05) is 17.7 Å². The lowest BCUT2D eigenvalue weighted by Gasteiger charge is -2.22. The molecule has 0 bridgehead atoms. The van der Waals surface area contributed by atoms with Crippen molar-refractivity contribution in [1.82, 2.24) is 4.98 Å². The first kappa shape index (κ1) is 13.8. The Balaban J connectivity index is 2.53. The molecular weight excluding hydrogens is 256 g/mol. The second-order valence-corrected chi connectivity index (χ2v) is 4.42. The molecule has 1 aromatic carbocycles. The molecule has 0 fully saturated rings. The van der Waals surface area contributed by atoms with Gasteiger partial charge in [0, 0.05) is 18.3 Å². The fourth-order valence-corrected chi connectivity index (χ4v) is 1.98. The standard InChI is InChI=1S/C14H16N4O2/c1-3-17(11-6-4-10(2)5-7-11)14-12(18(19)20)8-9-13(15)16-14/h4-9H,3H2,1-2H3,(H2,15,16). The van der Waals surface area contributed by atoms with Gasteiger partial charge >= 0.3 is 5.69 Å². The molecule has 0 amide bonds. The average Bonchev–Trinajstić information content (AvgIpc) is 2.41. The first-order chi connectivity index (χ1) is 9.52. The average molecular weight is 272 g/mol. The van der Waals surface area contributed by atoms with Crippen LogP contribution in [-0.2, 0) is 0 Å². The van der Waals surface area contributed by atoms with Gasteiger partial charge in [-0.05, 0) is 32.0 Å². The van der Waals surface area contributed by atoms with Gasteiger partial charge in [-0.3, -0.25) is 10.1 Å². The normalized spacial score (nSPS) is 10.3. The van der Waals surface area contributed by atoms with E-state index in [1.54, 1.807) is 4.90 Å². The Bertz CT molecular complexity index is 626. The van der Waals surface area contributed by atoms with Crippen molar-refractivity contribution >= 4 is 23.0 Å². The van der Waals surface area contributed by atoms with E-state index in [1.807, 2.05) is 38.1 Å². The fourth-order valence-electron chi connectivity index (χ4n) is 1.98. The maximum absolute atomic E-state index is 11.1. The molecule has 0 aliphatic heterocycles. The smallest absolute Gasteiger partial charge is 0.312 e. The van der Waals surface area contributed by atoms with Gasteiger partial charge in [0.25, 0.3) is 0 Å². The highest BCUT2D eigenvalue weighted by atomic mass is 16.6. The molecule has 0 aliphatic rings. The van der Waals surface area contributed by atoms with Crippen molar-refractivity contribution in [3.63, 3.8) is 0 Å². The zero-order valence-corrected chi connectivity index (χ0v) is 11.4. The quantitative estimate of drug-likeness (QED) is 0.683. The lowest BCUT2D eigenvalue weighted by Crippen LogP contribution is -2.19. The summed E-state index contributed by atoms with van der Waals surface area (Å²) in [6, 6.07) is 10.5. The Morgan fingerprint density at radius 1 is 1.25 bits per heavy atom. The lowest BCUT2D eigenvalue weighted by atomic mass is 10.2. The van der Waals surface area contributed by atoms with Crippen molar-refractivity contribution in [3.8, 4) is 0 Å². The Kier molecular flexibility index (Phi) is 3.84.